The Hall–Kier alpha value is -5.95. The van der Waals surface area contributed by atoms with Crippen LogP contribution >= 0.6 is 24.4 Å². The number of ether oxygens (including phenoxy) is 1. The highest BCUT2D eigenvalue weighted by Gasteiger charge is 2.49. The van der Waals surface area contributed by atoms with Gasteiger partial charge in [0, 0.05) is 50.8 Å². The number of fused-ring (bicyclic) bond motifs is 2. The zero-order valence-electron chi connectivity index (χ0n) is 41.1. The van der Waals surface area contributed by atoms with Crippen molar-refractivity contribution < 1.29 is 48.2 Å². The molecule has 0 radical (unpaired) electrons. The molecular weight excluding hydrogens is 947 g/mol. The number of aromatic hydroxyl groups is 1. The van der Waals surface area contributed by atoms with Crippen LogP contribution in [0.25, 0.3) is 0 Å². The summed E-state index contributed by atoms with van der Waals surface area (Å²) < 4.78 is 5.97. The number of Topliss-reactive ketones (excluding diaryl/α,β-unsaturated/α-hetero) is 1. The van der Waals surface area contributed by atoms with Gasteiger partial charge < -0.3 is 40.5 Å². The van der Waals surface area contributed by atoms with E-state index in [1.807, 2.05) is 31.2 Å². The summed E-state index contributed by atoms with van der Waals surface area (Å²) in [5, 5.41) is 18.6. The molecule has 1 aromatic heterocycles. The number of likely N-dealkylation sites (N-methyl/N-ethyl adjacent to an activating group) is 1. The third kappa shape index (κ3) is 13.3. The Morgan fingerprint density at radius 2 is 1.65 bits per heavy atom. The van der Waals surface area contributed by atoms with Gasteiger partial charge in [-0.2, -0.15) is 24.4 Å². The van der Waals surface area contributed by atoms with E-state index in [4.69, 9.17) is 4.74 Å². The van der Waals surface area contributed by atoms with Gasteiger partial charge >= 0.3 is 5.97 Å². The van der Waals surface area contributed by atoms with Gasteiger partial charge in [0.1, 0.15) is 47.3 Å². The van der Waals surface area contributed by atoms with E-state index in [1.54, 1.807) is 49.0 Å². The number of pyridine rings is 1. The van der Waals surface area contributed by atoms with E-state index in [0.717, 1.165) is 48.3 Å². The smallest absolute Gasteiger partial charge is 0.333 e. The van der Waals surface area contributed by atoms with Crippen molar-refractivity contribution >= 4 is 71.6 Å². The van der Waals surface area contributed by atoms with Crippen molar-refractivity contribution in [1.29, 1.82) is 0 Å². The van der Waals surface area contributed by atoms with Crippen molar-refractivity contribution in [3.63, 3.8) is 0 Å². The highest BCUT2D eigenvalue weighted by molar-refractivity contribution is 7.99. The average molecular weight is 1010 g/mol. The summed E-state index contributed by atoms with van der Waals surface area (Å²) >= 11 is 5.91. The number of thioether (sulfide) groups is 1. The van der Waals surface area contributed by atoms with Crippen molar-refractivity contribution in [2.45, 2.75) is 127 Å². The largest absolute Gasteiger partial charge is 0.505 e. The third-order valence-corrected chi connectivity index (χ3v) is 15.3. The molecule has 2 unspecified atom stereocenters. The Balaban J connectivity index is 1.45. The SMILES string of the molecule is CCC1(C)NC(=O)[C@@H](NC(=O)c2ncccc2O)[C@@H](C)OC(=O)[C@H](c2ccccc2)NC(=O)[C@@H]2CC(=O)C(CSCCCCCCS)CN2C(=O)[C@H](Cc2ccc(C)cc2)N(C)C(=O)[C@@H]2CCCN2C1=O. The standard InChI is InChI=1S/C52H67N7O10S2/c1-6-52(4)51(68)58-25-15-18-37(58)48(65)57(5)39(28-34-22-20-32(2)21-23-34)49(66)59-30-36(31-71-27-13-8-7-12-26-70)41(61)29-38(59)45(62)55-43(35-16-10-9-11-17-35)50(67)69-33(3)42(47(64)56-52)54-46(63)44-40(60)19-14-24-53-44/h9-11,14,16-17,19-24,33,36-39,42-43,60,70H,6-8,12-13,15,18,25-31H2,1-5H3,(H,54,63)(H,55,62)(H,56,64)/t33-,36?,37+,38+,39+,42+,43+,52?/m1/s1. The molecule has 6 amide bonds. The van der Waals surface area contributed by atoms with Crippen molar-refractivity contribution in [1.82, 2.24) is 35.6 Å². The molecule has 71 heavy (non-hydrogen) atoms. The molecule has 4 heterocycles. The summed E-state index contributed by atoms with van der Waals surface area (Å²) in [6.45, 7) is 6.48. The average Bonchev–Trinajstić information content (AvgIpc) is 3.86. The molecule has 2 aromatic carbocycles. The molecule has 0 bridgehead atoms. The van der Waals surface area contributed by atoms with Gasteiger partial charge in [-0.1, -0.05) is 79.9 Å². The fourth-order valence-electron chi connectivity index (χ4n) is 9.26. The van der Waals surface area contributed by atoms with Gasteiger partial charge in [-0.3, -0.25) is 33.6 Å². The maximum atomic E-state index is 15.5. The first-order valence-corrected chi connectivity index (χ1v) is 26.2. The molecule has 17 nitrogen and oxygen atoms in total. The summed E-state index contributed by atoms with van der Waals surface area (Å²) in [4.78, 5) is 125. The lowest BCUT2D eigenvalue weighted by molar-refractivity contribution is -0.157. The minimum absolute atomic E-state index is 0.0297. The Kier molecular flexibility index (Phi) is 19.1. The quantitative estimate of drug-likeness (QED) is 0.0864. The van der Waals surface area contributed by atoms with Gasteiger partial charge in [0.25, 0.3) is 5.91 Å². The molecule has 3 saturated heterocycles. The van der Waals surface area contributed by atoms with E-state index in [0.29, 0.717) is 12.2 Å². The first-order chi connectivity index (χ1) is 34.0. The number of hydrogen-bond donors (Lipinski definition) is 5. The maximum Gasteiger partial charge on any atom is 0.333 e. The number of thiol groups is 1. The second kappa shape index (κ2) is 24.9. The lowest BCUT2D eigenvalue weighted by atomic mass is 9.90. The van der Waals surface area contributed by atoms with Gasteiger partial charge in [0.2, 0.25) is 29.5 Å². The Morgan fingerprint density at radius 1 is 0.930 bits per heavy atom. The molecule has 4 N–H and O–H groups in total. The molecule has 8 atom stereocenters. The van der Waals surface area contributed by atoms with E-state index in [9.17, 15) is 33.9 Å². The number of carbonyl (C=O) groups is 8. The summed E-state index contributed by atoms with van der Waals surface area (Å²) in [6.07, 6.45) is 4.18. The van der Waals surface area contributed by atoms with Crippen LogP contribution in [-0.4, -0.2) is 145 Å². The lowest BCUT2D eigenvalue weighted by Gasteiger charge is -2.42. The van der Waals surface area contributed by atoms with Gasteiger partial charge in [0.15, 0.2) is 11.7 Å². The molecule has 0 saturated carbocycles. The highest BCUT2D eigenvalue weighted by atomic mass is 32.2. The Labute approximate surface area is 425 Å². The van der Waals surface area contributed by atoms with Crippen molar-refractivity contribution in [3.05, 3.63) is 95.3 Å². The topological polar surface area (TPSA) is 225 Å². The number of ketones is 1. The number of rotatable bonds is 14. The molecular formula is C52H67N7O10S2. The predicted molar refractivity (Wildman–Crippen MR) is 271 cm³/mol. The number of aryl methyl sites for hydroxylation is 1. The molecule has 382 valence electrons. The summed E-state index contributed by atoms with van der Waals surface area (Å²) in [5.74, 6) is -4.87. The lowest BCUT2D eigenvalue weighted by Crippen LogP contribution is -2.65. The van der Waals surface area contributed by atoms with Crippen molar-refractivity contribution in [3.8, 4) is 5.75 Å². The molecule has 0 spiro atoms. The van der Waals surface area contributed by atoms with Crippen LogP contribution in [0, 0.1) is 12.8 Å². The monoisotopic (exact) mass is 1010 g/mol. The minimum Gasteiger partial charge on any atom is -0.505 e. The maximum absolute atomic E-state index is 15.5. The number of esters is 1. The first kappa shape index (κ1) is 54.4. The van der Waals surface area contributed by atoms with E-state index < -0.39 is 101 Å². The summed E-state index contributed by atoms with van der Waals surface area (Å²) in [6, 6.07) is 11.4. The molecule has 3 fully saturated rings. The van der Waals surface area contributed by atoms with E-state index in [-0.39, 0.29) is 50.1 Å². The van der Waals surface area contributed by atoms with Crippen molar-refractivity contribution in [2.24, 2.45) is 5.92 Å². The number of amides is 6. The Bertz CT molecular complexity index is 2410. The number of nitrogens with zero attached hydrogens (tertiary/aromatic N) is 4. The number of carbonyl (C=O) groups excluding carboxylic acids is 8. The molecule has 0 aliphatic carbocycles. The van der Waals surface area contributed by atoms with Crippen LogP contribution in [0.15, 0.2) is 72.9 Å². The number of unbranched alkanes of at least 4 members (excludes halogenated alkanes) is 3. The van der Waals surface area contributed by atoms with E-state index in [1.165, 1.54) is 53.9 Å². The predicted octanol–water partition coefficient (Wildman–Crippen LogP) is 4.35. The molecule has 6 rings (SSSR count). The number of hydrogen-bond acceptors (Lipinski definition) is 13. The van der Waals surface area contributed by atoms with Crippen LogP contribution in [-0.2, 0) is 44.7 Å². The van der Waals surface area contributed by atoms with Crippen LogP contribution in [0.3, 0.4) is 0 Å². The van der Waals surface area contributed by atoms with Gasteiger partial charge in [-0.05, 0) is 87.6 Å². The summed E-state index contributed by atoms with van der Waals surface area (Å²) in [7, 11) is 1.50. The second-order valence-corrected chi connectivity index (χ2v) is 20.5. The fraction of sp³-hybridized carbons (Fsp3) is 0.519. The third-order valence-electron chi connectivity index (χ3n) is 13.8. The van der Waals surface area contributed by atoms with Crippen molar-refractivity contribution in [2.75, 3.05) is 37.4 Å². The van der Waals surface area contributed by atoms with Crippen LogP contribution in [0.4, 0.5) is 0 Å². The Morgan fingerprint density at radius 3 is 2.34 bits per heavy atom. The number of piperidine rings is 1. The van der Waals surface area contributed by atoms with E-state index >= 15 is 9.59 Å². The zero-order chi connectivity index (χ0) is 51.4. The van der Waals surface area contributed by atoms with Crippen LogP contribution in [0.5, 0.6) is 5.75 Å². The first-order valence-electron chi connectivity index (χ1n) is 24.5. The fourth-order valence-corrected chi connectivity index (χ4v) is 10.6. The molecule has 19 heteroatoms. The van der Waals surface area contributed by atoms with Crippen LogP contribution in [0.2, 0.25) is 0 Å². The van der Waals surface area contributed by atoms with Crippen LogP contribution < -0.4 is 16.0 Å². The van der Waals surface area contributed by atoms with E-state index in [2.05, 4.69) is 33.6 Å². The number of nitrogens with one attached hydrogen (secondary N) is 3. The molecule has 3 aromatic rings. The van der Waals surface area contributed by atoms with Gasteiger partial charge in [-0.15, -0.1) is 0 Å². The second-order valence-electron chi connectivity index (χ2n) is 18.9. The zero-order valence-corrected chi connectivity index (χ0v) is 42.8. The number of cyclic esters (lactones) is 1. The number of aromatic nitrogens is 1. The highest BCUT2D eigenvalue weighted by Crippen LogP contribution is 2.30. The van der Waals surface area contributed by atoms with Gasteiger partial charge in [-0.25, -0.2) is 9.78 Å². The normalized spacial score (nSPS) is 26.1. The molecule has 3 aliphatic heterocycles. The van der Waals surface area contributed by atoms with Gasteiger partial charge in [0.05, 0.1) is 0 Å². The van der Waals surface area contributed by atoms with Crippen LogP contribution in [0.1, 0.15) is 105 Å². The molecule has 3 aliphatic rings. The number of benzene rings is 2. The summed E-state index contributed by atoms with van der Waals surface area (Å²) in [5.41, 5.74) is -0.128. The minimum atomic E-state index is -1.71.